The highest BCUT2D eigenvalue weighted by Gasteiger charge is 2.10. The second-order valence-electron chi connectivity index (χ2n) is 4.31. The van der Waals surface area contributed by atoms with Crippen LogP contribution in [0.1, 0.15) is 0 Å². The molecule has 0 radical (unpaired) electrons. The molecule has 0 saturated heterocycles. The van der Waals surface area contributed by atoms with Gasteiger partial charge in [-0.15, -0.1) is 0 Å². The molecule has 0 aliphatic carbocycles. The number of benzene rings is 2. The van der Waals surface area contributed by atoms with E-state index in [0.717, 1.165) is 0 Å². The lowest BCUT2D eigenvalue weighted by Crippen LogP contribution is -2.85. The SMILES string of the molecule is N[NH2+]c1c(Cl)cc(Cl)cc1Cl.N[NH2+]c1c(Cl)cc(Cl)cc1Cl.O=S(=O)([O-])[O-]. The van der Waals surface area contributed by atoms with Crippen molar-refractivity contribution in [2.45, 2.75) is 0 Å². The second-order valence-corrected chi connectivity index (χ2v) is 7.63. The minimum atomic E-state index is -5.17. The van der Waals surface area contributed by atoms with Gasteiger partial charge in [-0.3, -0.25) is 8.42 Å². The first kappa shape index (κ1) is 26.9. The van der Waals surface area contributed by atoms with Crippen molar-refractivity contribution in [3.05, 3.63) is 54.4 Å². The molecule has 0 aliphatic heterocycles. The maximum Gasteiger partial charge on any atom is 0.186 e. The molecule has 8 nitrogen and oxygen atoms in total. The third-order valence-corrected chi connectivity index (χ3v) is 4.11. The van der Waals surface area contributed by atoms with Gasteiger partial charge in [0.2, 0.25) is 0 Å². The highest BCUT2D eigenvalue weighted by molar-refractivity contribution is 7.79. The van der Waals surface area contributed by atoms with Crippen molar-refractivity contribution >= 4 is 91.4 Å². The average molecular weight is 521 g/mol. The lowest BCUT2D eigenvalue weighted by atomic mass is 10.3. The van der Waals surface area contributed by atoms with Crippen molar-refractivity contribution in [1.29, 1.82) is 0 Å². The first-order valence-corrected chi connectivity index (χ1v) is 9.96. The Morgan fingerprint density at radius 1 is 0.667 bits per heavy atom. The van der Waals surface area contributed by atoms with E-state index in [0.29, 0.717) is 41.5 Å². The number of hydrogen-bond acceptors (Lipinski definition) is 6. The van der Waals surface area contributed by atoms with Gasteiger partial charge in [-0.1, -0.05) is 69.6 Å². The predicted molar refractivity (Wildman–Crippen MR) is 105 cm³/mol. The molecule has 0 atom stereocenters. The Hall–Kier alpha value is -0.110. The lowest BCUT2D eigenvalue weighted by molar-refractivity contribution is -0.584. The molecule has 0 fully saturated rings. The van der Waals surface area contributed by atoms with E-state index >= 15 is 0 Å². The minimum Gasteiger partial charge on any atom is -0.759 e. The van der Waals surface area contributed by atoms with Crippen LogP contribution in [-0.2, 0) is 10.4 Å². The fraction of sp³-hybridized carbons (Fsp3) is 0. The van der Waals surface area contributed by atoms with Crippen molar-refractivity contribution in [2.75, 3.05) is 0 Å². The lowest BCUT2D eigenvalue weighted by Gasteiger charge is -2.06. The summed E-state index contributed by atoms with van der Waals surface area (Å²) in [5, 5.41) is 2.86. The first-order chi connectivity index (χ1) is 12.3. The van der Waals surface area contributed by atoms with Gasteiger partial charge in [0.05, 0.1) is 0 Å². The van der Waals surface area contributed by atoms with E-state index in [1.165, 1.54) is 10.9 Å². The molecule has 0 aliphatic rings. The molecule has 8 N–H and O–H groups in total. The summed E-state index contributed by atoms with van der Waals surface area (Å²) in [5.41, 5.74) is 3.91. The highest BCUT2D eigenvalue weighted by Crippen LogP contribution is 2.30. The predicted octanol–water partition coefficient (Wildman–Crippen LogP) is 2.09. The van der Waals surface area contributed by atoms with Gasteiger partial charge in [0, 0.05) is 20.4 Å². The molecule has 2 rings (SSSR count). The minimum absolute atomic E-state index is 0.463. The van der Waals surface area contributed by atoms with Crippen LogP contribution in [0.4, 0.5) is 11.4 Å². The van der Waals surface area contributed by atoms with Crippen LogP contribution in [0.15, 0.2) is 24.3 Å². The Labute approximate surface area is 185 Å². The van der Waals surface area contributed by atoms with E-state index in [9.17, 15) is 0 Å². The summed E-state index contributed by atoms with van der Waals surface area (Å²) in [5.74, 6) is 10.5. The van der Waals surface area contributed by atoms with Crippen LogP contribution in [0.5, 0.6) is 0 Å². The monoisotopic (exact) mass is 518 g/mol. The number of rotatable bonds is 2. The summed E-state index contributed by atoms with van der Waals surface area (Å²) in [6.07, 6.45) is 0. The van der Waals surface area contributed by atoms with Crippen molar-refractivity contribution < 1.29 is 28.4 Å². The van der Waals surface area contributed by atoms with E-state index in [4.69, 9.17) is 98.8 Å². The smallest absolute Gasteiger partial charge is 0.186 e. The maximum atomic E-state index is 8.52. The Morgan fingerprint density at radius 2 is 0.852 bits per heavy atom. The van der Waals surface area contributed by atoms with Crippen LogP contribution in [0.3, 0.4) is 0 Å². The second kappa shape index (κ2) is 12.5. The number of nitrogens with two attached hydrogens (primary N) is 4. The van der Waals surface area contributed by atoms with Gasteiger partial charge in [0.25, 0.3) is 0 Å². The largest absolute Gasteiger partial charge is 0.759 e. The molecule has 0 aromatic heterocycles. The van der Waals surface area contributed by atoms with Gasteiger partial charge in [0.15, 0.2) is 11.4 Å². The van der Waals surface area contributed by atoms with Crippen LogP contribution in [0.2, 0.25) is 30.1 Å². The van der Waals surface area contributed by atoms with Gasteiger partial charge in [-0.25, -0.2) is 10.9 Å². The Bertz CT molecular complexity index is 773. The molecule has 0 saturated carbocycles. The quantitative estimate of drug-likeness (QED) is 0.155. The van der Waals surface area contributed by atoms with Gasteiger partial charge in [0.1, 0.15) is 20.1 Å². The summed E-state index contributed by atoms with van der Waals surface area (Å²) < 4.78 is 34.1. The molecule has 0 heterocycles. The number of halogens is 6. The Kier molecular flexibility index (Phi) is 12.4. The Morgan fingerprint density at radius 3 is 1.00 bits per heavy atom. The summed E-state index contributed by atoms with van der Waals surface area (Å²) >= 11 is 34.3. The van der Waals surface area contributed by atoms with Crippen LogP contribution < -0.4 is 22.5 Å². The molecule has 0 bridgehead atoms. The van der Waals surface area contributed by atoms with E-state index in [1.807, 2.05) is 0 Å². The van der Waals surface area contributed by atoms with Crippen molar-refractivity contribution in [3.63, 3.8) is 0 Å². The number of hydrogen-bond donors (Lipinski definition) is 4. The molecule has 27 heavy (non-hydrogen) atoms. The average Bonchev–Trinajstić information content (AvgIpc) is 2.44. The molecule has 15 heteroatoms. The van der Waals surface area contributed by atoms with Crippen molar-refractivity contribution in [3.8, 4) is 0 Å². The highest BCUT2D eigenvalue weighted by atomic mass is 35.5. The topological polar surface area (TPSA) is 166 Å². The van der Waals surface area contributed by atoms with Crippen LogP contribution in [-0.4, -0.2) is 17.5 Å². The van der Waals surface area contributed by atoms with E-state index in [1.54, 1.807) is 24.3 Å². The summed E-state index contributed by atoms with van der Waals surface area (Å²) in [4.78, 5) is 0. The summed E-state index contributed by atoms with van der Waals surface area (Å²) in [6, 6.07) is 6.36. The first-order valence-electron chi connectivity index (χ1n) is 6.35. The van der Waals surface area contributed by atoms with Gasteiger partial charge in [-0.2, -0.15) is 11.7 Å². The van der Waals surface area contributed by atoms with E-state index < -0.39 is 10.4 Å². The third-order valence-electron chi connectivity index (χ3n) is 2.42. The van der Waals surface area contributed by atoms with Crippen molar-refractivity contribution in [1.82, 2.24) is 0 Å². The molecule has 2 aromatic rings. The van der Waals surface area contributed by atoms with Crippen LogP contribution in [0, 0.1) is 0 Å². The summed E-state index contributed by atoms with van der Waals surface area (Å²) in [7, 11) is -5.17. The molecule has 2 aromatic carbocycles. The van der Waals surface area contributed by atoms with E-state index in [-0.39, 0.29) is 0 Å². The molecular weight excluding hydrogens is 509 g/mol. The van der Waals surface area contributed by atoms with Gasteiger partial charge < -0.3 is 9.11 Å². The molecule has 0 spiro atoms. The fourth-order valence-electron chi connectivity index (χ4n) is 1.43. The van der Waals surface area contributed by atoms with Gasteiger partial charge >= 0.3 is 0 Å². The zero-order chi connectivity index (χ0) is 21.4. The third kappa shape index (κ3) is 11.5. The van der Waals surface area contributed by atoms with Gasteiger partial charge in [-0.05, 0) is 24.3 Å². The van der Waals surface area contributed by atoms with Crippen LogP contribution in [0.25, 0.3) is 0 Å². The molecule has 152 valence electrons. The van der Waals surface area contributed by atoms with Crippen molar-refractivity contribution in [2.24, 2.45) is 11.7 Å². The summed E-state index contributed by atoms with van der Waals surface area (Å²) in [6.45, 7) is 0. The number of quaternary nitrogens is 2. The van der Waals surface area contributed by atoms with E-state index in [2.05, 4.69) is 0 Å². The molecule has 0 unspecified atom stereocenters. The fourth-order valence-corrected chi connectivity index (χ4v) is 3.31. The standard InChI is InChI=1S/2C6H5Cl3N2.H2O4S/c2*7-3-1-4(8)6(11-10)5(9)2-3;1-5(2,3)4/h2*1-2,11H,10H2;(H2,1,2,3,4). The molecule has 0 amide bonds. The Balaban J connectivity index is 0.000000405. The zero-order valence-electron chi connectivity index (χ0n) is 12.9. The normalized spacial score (nSPS) is 10.4. The maximum absolute atomic E-state index is 8.52. The molecular formula is C12H12Cl6N4O4S. The van der Waals surface area contributed by atoms with Crippen LogP contribution >= 0.6 is 69.6 Å². The zero-order valence-corrected chi connectivity index (χ0v) is 18.3.